The van der Waals surface area contributed by atoms with Gasteiger partial charge in [0.05, 0.1) is 0 Å². The van der Waals surface area contributed by atoms with Gasteiger partial charge in [-0.25, -0.2) is 0 Å². The van der Waals surface area contributed by atoms with Crippen LogP contribution in [-0.2, 0) is 4.79 Å². The molecule has 1 N–H and O–H groups in total. The number of allylic oxidation sites excluding steroid dienone is 3. The third-order valence-electron chi connectivity index (χ3n) is 8.18. The number of hydrogen-bond acceptors (Lipinski definition) is 2. The van der Waals surface area contributed by atoms with Crippen molar-refractivity contribution in [3.05, 3.63) is 23.8 Å². The lowest BCUT2D eigenvalue weighted by Crippen LogP contribution is -2.53. The summed E-state index contributed by atoms with van der Waals surface area (Å²) in [5.41, 5.74) is 1.90. The third-order valence-corrected chi connectivity index (χ3v) is 8.18. The number of hydrogen-bond donors (Lipinski definition) is 1. The van der Waals surface area contributed by atoms with Crippen molar-refractivity contribution in [2.45, 2.75) is 70.3 Å². The van der Waals surface area contributed by atoms with E-state index >= 15 is 0 Å². The number of rotatable bonds is 2. The number of Topliss-reactive ketones (excluding diaryl/α,β-unsaturated/α-hetero) is 1. The Hall–Kier alpha value is -1.33. The normalized spacial score (nSPS) is 46.0. The largest absolute Gasteiger partial charge is 0.377 e. The lowest BCUT2D eigenvalue weighted by atomic mass is 9.49. The first-order chi connectivity index (χ1) is 11.9. The molecule has 0 aromatic carbocycles. The van der Waals surface area contributed by atoms with Crippen molar-refractivity contribution in [1.29, 1.82) is 0 Å². The molecule has 3 unspecified atom stereocenters. The van der Waals surface area contributed by atoms with E-state index in [1.54, 1.807) is 5.57 Å². The van der Waals surface area contributed by atoms with Crippen molar-refractivity contribution >= 4 is 5.78 Å². The van der Waals surface area contributed by atoms with E-state index < -0.39 is 5.60 Å². The number of fused-ring (bicyclic) bond motifs is 4. The second-order valence-electron chi connectivity index (χ2n) is 9.13. The fourth-order valence-electron chi connectivity index (χ4n) is 7.04. The van der Waals surface area contributed by atoms with Crippen LogP contribution in [0.5, 0.6) is 0 Å². The molecular formula is C23H30O2. The minimum absolute atomic E-state index is 0.181. The van der Waals surface area contributed by atoms with E-state index in [0.29, 0.717) is 35.9 Å². The minimum atomic E-state index is -0.959. The van der Waals surface area contributed by atoms with Crippen LogP contribution in [0.15, 0.2) is 23.8 Å². The molecule has 0 heterocycles. The molecule has 0 amide bonds. The highest BCUT2D eigenvalue weighted by Gasteiger charge is 2.63. The Kier molecular flexibility index (Phi) is 4.00. The van der Waals surface area contributed by atoms with Crippen LogP contribution in [0.4, 0.5) is 0 Å². The van der Waals surface area contributed by atoms with Gasteiger partial charge in [0.1, 0.15) is 11.4 Å². The molecule has 0 radical (unpaired) electrons. The quantitative estimate of drug-likeness (QED) is 0.597. The van der Waals surface area contributed by atoms with Gasteiger partial charge in [-0.2, -0.15) is 0 Å². The first kappa shape index (κ1) is 17.1. The third kappa shape index (κ3) is 2.32. The molecule has 4 aliphatic rings. The van der Waals surface area contributed by atoms with Gasteiger partial charge in [-0.1, -0.05) is 30.1 Å². The van der Waals surface area contributed by atoms with E-state index in [0.717, 1.165) is 51.4 Å². The van der Waals surface area contributed by atoms with Gasteiger partial charge in [-0.15, -0.1) is 13.0 Å². The Morgan fingerprint density at radius 2 is 2.16 bits per heavy atom. The summed E-state index contributed by atoms with van der Waals surface area (Å²) in [4.78, 5) is 11.9. The minimum Gasteiger partial charge on any atom is -0.377 e. The van der Waals surface area contributed by atoms with Crippen LogP contribution in [0.2, 0.25) is 0 Å². The molecular weight excluding hydrogens is 308 g/mol. The van der Waals surface area contributed by atoms with Gasteiger partial charge in [0, 0.05) is 18.3 Å². The van der Waals surface area contributed by atoms with Crippen LogP contribution in [0.25, 0.3) is 0 Å². The van der Waals surface area contributed by atoms with E-state index in [2.05, 4.69) is 19.4 Å². The summed E-state index contributed by atoms with van der Waals surface area (Å²) < 4.78 is 0. The van der Waals surface area contributed by atoms with Crippen LogP contribution in [0.1, 0.15) is 64.7 Å². The Morgan fingerprint density at radius 1 is 1.36 bits per heavy atom. The van der Waals surface area contributed by atoms with Crippen molar-refractivity contribution in [2.24, 2.45) is 29.1 Å². The van der Waals surface area contributed by atoms with E-state index in [4.69, 9.17) is 6.42 Å². The predicted molar refractivity (Wildman–Crippen MR) is 99.6 cm³/mol. The molecule has 0 saturated heterocycles. The predicted octanol–water partition coefficient (Wildman–Crippen LogP) is 4.44. The zero-order valence-corrected chi connectivity index (χ0v) is 15.4. The van der Waals surface area contributed by atoms with Crippen molar-refractivity contribution in [1.82, 2.24) is 0 Å². The van der Waals surface area contributed by atoms with Gasteiger partial charge in [-0.3, -0.25) is 4.79 Å². The first-order valence-electron chi connectivity index (χ1n) is 9.97. The fraction of sp³-hybridized carbons (Fsp3) is 0.696. The van der Waals surface area contributed by atoms with Gasteiger partial charge in [0.15, 0.2) is 0 Å². The number of ketones is 1. The first-order valence-corrected chi connectivity index (χ1v) is 9.97. The average molecular weight is 338 g/mol. The molecule has 2 saturated carbocycles. The maximum atomic E-state index is 11.9. The van der Waals surface area contributed by atoms with E-state index in [-0.39, 0.29) is 5.41 Å². The summed E-state index contributed by atoms with van der Waals surface area (Å²) >= 11 is 0. The van der Waals surface area contributed by atoms with Gasteiger partial charge < -0.3 is 5.11 Å². The summed E-state index contributed by atoms with van der Waals surface area (Å²) in [6.45, 7) is 6.24. The highest BCUT2D eigenvalue weighted by atomic mass is 16.3. The number of terminal acetylenes is 1. The summed E-state index contributed by atoms with van der Waals surface area (Å²) in [6, 6.07) is 0. The zero-order valence-electron chi connectivity index (χ0n) is 15.4. The molecule has 2 fully saturated rings. The maximum absolute atomic E-state index is 11.9. The second-order valence-corrected chi connectivity index (χ2v) is 9.13. The Morgan fingerprint density at radius 3 is 2.88 bits per heavy atom. The SMILES string of the molecule is C#C[C@]1(O)CCC2C3CCC4=C(CCC(=O)C4)C3[C@@H](CC=C)C[C@@]21C. The lowest BCUT2D eigenvalue weighted by Gasteiger charge is -2.56. The Balaban J connectivity index is 1.76. The summed E-state index contributed by atoms with van der Waals surface area (Å²) in [5, 5.41) is 11.2. The Labute approximate surface area is 151 Å². The second kappa shape index (κ2) is 5.85. The molecule has 134 valence electrons. The monoisotopic (exact) mass is 338 g/mol. The van der Waals surface area contributed by atoms with Gasteiger partial charge in [0.25, 0.3) is 0 Å². The van der Waals surface area contributed by atoms with Gasteiger partial charge in [-0.05, 0) is 68.6 Å². The maximum Gasteiger partial charge on any atom is 0.137 e. The molecule has 25 heavy (non-hydrogen) atoms. The van der Waals surface area contributed by atoms with Gasteiger partial charge in [0.2, 0.25) is 0 Å². The smallest absolute Gasteiger partial charge is 0.137 e. The summed E-state index contributed by atoms with van der Waals surface area (Å²) in [7, 11) is 0. The molecule has 0 bridgehead atoms. The van der Waals surface area contributed by atoms with Crippen molar-refractivity contribution < 1.29 is 9.90 Å². The highest BCUT2D eigenvalue weighted by Crippen LogP contribution is 2.66. The molecule has 0 aliphatic heterocycles. The molecule has 0 aromatic rings. The Bertz CT molecular complexity index is 681. The van der Waals surface area contributed by atoms with Crippen LogP contribution >= 0.6 is 0 Å². The van der Waals surface area contributed by atoms with E-state index in [1.165, 1.54) is 5.57 Å². The van der Waals surface area contributed by atoms with Crippen molar-refractivity contribution in [3.8, 4) is 12.3 Å². The molecule has 2 heteroatoms. The van der Waals surface area contributed by atoms with Crippen LogP contribution in [0.3, 0.4) is 0 Å². The molecule has 0 spiro atoms. The van der Waals surface area contributed by atoms with Crippen molar-refractivity contribution in [2.75, 3.05) is 0 Å². The van der Waals surface area contributed by atoms with Crippen molar-refractivity contribution in [3.63, 3.8) is 0 Å². The molecule has 4 rings (SSSR count). The zero-order chi connectivity index (χ0) is 17.8. The van der Waals surface area contributed by atoms with E-state index in [9.17, 15) is 9.90 Å². The van der Waals surface area contributed by atoms with Crippen LogP contribution in [0, 0.1) is 41.4 Å². The number of aliphatic hydroxyl groups is 1. The van der Waals surface area contributed by atoms with Crippen LogP contribution < -0.4 is 0 Å². The highest BCUT2D eigenvalue weighted by molar-refractivity contribution is 5.82. The average Bonchev–Trinajstić information content (AvgIpc) is 2.86. The van der Waals surface area contributed by atoms with E-state index in [1.807, 2.05) is 6.08 Å². The molecule has 6 atom stereocenters. The number of carbonyl (C=O) groups excluding carboxylic acids is 1. The summed E-state index contributed by atoms with van der Waals surface area (Å²) in [5.74, 6) is 5.38. The standard InChI is InChI=1S/C23H30O2/c1-4-6-16-14-22(3)20(11-12-23(22,25)5-2)19-9-7-15-13-17(24)8-10-18(15)21(16)19/h2,4,16,19-21,25H,1,6-14H2,3H3/t16-,19?,20?,21?,22-,23-/m0/s1. The van der Waals surface area contributed by atoms with Gasteiger partial charge >= 0.3 is 0 Å². The molecule has 0 aromatic heterocycles. The van der Waals surface area contributed by atoms with Crippen LogP contribution in [-0.4, -0.2) is 16.5 Å². The topological polar surface area (TPSA) is 37.3 Å². The lowest BCUT2D eigenvalue weighted by molar-refractivity contribution is -0.119. The molecule has 2 nitrogen and oxygen atoms in total. The molecule has 4 aliphatic carbocycles. The summed E-state index contributed by atoms with van der Waals surface area (Å²) in [6.07, 6.45) is 16.2. The fourth-order valence-corrected chi connectivity index (χ4v) is 7.04. The number of carbonyl (C=O) groups is 1.